The Balaban J connectivity index is 1.82. The second kappa shape index (κ2) is 5.30. The standard InChI is InChI=1S/C13H21NOS/c1-9-6-13(16-11(9)3)8-14-12-4-5-15-10(2)7-12/h6,10,12,14H,4-5,7-8H2,1-3H3. The summed E-state index contributed by atoms with van der Waals surface area (Å²) < 4.78 is 5.55. The van der Waals surface area contributed by atoms with E-state index >= 15 is 0 Å². The van der Waals surface area contributed by atoms with E-state index < -0.39 is 0 Å². The van der Waals surface area contributed by atoms with E-state index in [2.05, 4.69) is 32.2 Å². The summed E-state index contributed by atoms with van der Waals surface area (Å²) in [5, 5.41) is 3.64. The SMILES string of the molecule is Cc1cc(CNC2CCOC(C)C2)sc1C. The monoisotopic (exact) mass is 239 g/mol. The molecule has 2 heterocycles. The van der Waals surface area contributed by atoms with E-state index in [1.807, 2.05) is 11.3 Å². The number of ether oxygens (including phenoxy) is 1. The van der Waals surface area contributed by atoms with Gasteiger partial charge in [-0.3, -0.25) is 0 Å². The number of thiophene rings is 1. The molecule has 0 saturated carbocycles. The molecule has 16 heavy (non-hydrogen) atoms. The van der Waals surface area contributed by atoms with E-state index in [0.29, 0.717) is 12.1 Å². The van der Waals surface area contributed by atoms with Crippen molar-refractivity contribution in [1.29, 1.82) is 0 Å². The topological polar surface area (TPSA) is 21.3 Å². The van der Waals surface area contributed by atoms with Gasteiger partial charge in [-0.25, -0.2) is 0 Å². The minimum absolute atomic E-state index is 0.415. The summed E-state index contributed by atoms with van der Waals surface area (Å²) in [6.45, 7) is 8.46. The summed E-state index contributed by atoms with van der Waals surface area (Å²) in [6.07, 6.45) is 2.70. The molecule has 0 spiro atoms. The molecule has 0 aromatic carbocycles. The molecule has 1 aromatic rings. The molecular formula is C13H21NOS. The fourth-order valence-electron chi connectivity index (χ4n) is 2.17. The zero-order chi connectivity index (χ0) is 11.5. The van der Waals surface area contributed by atoms with Gasteiger partial charge in [0.15, 0.2) is 0 Å². The van der Waals surface area contributed by atoms with Gasteiger partial charge in [0.25, 0.3) is 0 Å². The van der Waals surface area contributed by atoms with Crippen molar-refractivity contribution >= 4 is 11.3 Å². The number of aryl methyl sites for hydroxylation is 2. The first kappa shape index (κ1) is 12.1. The maximum absolute atomic E-state index is 5.55. The Hall–Kier alpha value is -0.380. The minimum atomic E-state index is 0.415. The lowest BCUT2D eigenvalue weighted by Crippen LogP contribution is -2.37. The van der Waals surface area contributed by atoms with Gasteiger partial charge in [0.2, 0.25) is 0 Å². The highest BCUT2D eigenvalue weighted by Crippen LogP contribution is 2.21. The van der Waals surface area contributed by atoms with Gasteiger partial charge in [0.05, 0.1) is 6.10 Å². The minimum Gasteiger partial charge on any atom is -0.378 e. The van der Waals surface area contributed by atoms with Gasteiger partial charge in [0.1, 0.15) is 0 Å². The Bertz CT molecular complexity index is 328. The summed E-state index contributed by atoms with van der Waals surface area (Å²) in [6, 6.07) is 2.93. The number of hydrogen-bond acceptors (Lipinski definition) is 3. The van der Waals surface area contributed by atoms with Crippen LogP contribution in [0.5, 0.6) is 0 Å². The second-order valence-electron chi connectivity index (χ2n) is 4.74. The Labute approximate surface area is 102 Å². The van der Waals surface area contributed by atoms with Crippen molar-refractivity contribution in [2.75, 3.05) is 6.61 Å². The molecule has 1 N–H and O–H groups in total. The summed E-state index contributed by atoms with van der Waals surface area (Å²) in [5.41, 5.74) is 1.42. The summed E-state index contributed by atoms with van der Waals surface area (Å²) in [4.78, 5) is 2.89. The van der Waals surface area contributed by atoms with Crippen LogP contribution in [0.4, 0.5) is 0 Å². The molecule has 0 bridgehead atoms. The van der Waals surface area contributed by atoms with Crippen LogP contribution in [-0.4, -0.2) is 18.8 Å². The van der Waals surface area contributed by atoms with E-state index in [9.17, 15) is 0 Å². The predicted octanol–water partition coefficient (Wildman–Crippen LogP) is 3.02. The van der Waals surface area contributed by atoms with Crippen LogP contribution in [0, 0.1) is 13.8 Å². The van der Waals surface area contributed by atoms with Gasteiger partial charge >= 0.3 is 0 Å². The van der Waals surface area contributed by atoms with Crippen molar-refractivity contribution in [2.24, 2.45) is 0 Å². The Morgan fingerprint density at radius 3 is 2.94 bits per heavy atom. The molecule has 1 aliphatic rings. The highest BCUT2D eigenvalue weighted by atomic mass is 32.1. The first-order chi connectivity index (χ1) is 7.65. The van der Waals surface area contributed by atoms with Gasteiger partial charge in [-0.2, -0.15) is 0 Å². The third-order valence-electron chi connectivity index (χ3n) is 3.27. The Kier molecular flexibility index (Phi) is 4.00. The van der Waals surface area contributed by atoms with Crippen molar-refractivity contribution in [3.63, 3.8) is 0 Å². The van der Waals surface area contributed by atoms with Crippen molar-refractivity contribution in [3.05, 3.63) is 21.4 Å². The molecule has 2 nitrogen and oxygen atoms in total. The number of nitrogens with one attached hydrogen (secondary N) is 1. The predicted molar refractivity (Wildman–Crippen MR) is 69.1 cm³/mol. The molecule has 2 rings (SSSR count). The molecule has 1 aliphatic heterocycles. The van der Waals surface area contributed by atoms with Gasteiger partial charge in [-0.1, -0.05) is 0 Å². The summed E-state index contributed by atoms with van der Waals surface area (Å²) in [5.74, 6) is 0. The van der Waals surface area contributed by atoms with Crippen molar-refractivity contribution < 1.29 is 4.74 Å². The molecule has 2 atom stereocenters. The average molecular weight is 239 g/mol. The zero-order valence-electron chi connectivity index (χ0n) is 10.4. The molecule has 2 unspecified atom stereocenters. The lowest BCUT2D eigenvalue weighted by Gasteiger charge is -2.27. The maximum atomic E-state index is 5.55. The highest BCUT2D eigenvalue weighted by Gasteiger charge is 2.18. The van der Waals surface area contributed by atoms with Crippen LogP contribution in [0.1, 0.15) is 35.1 Å². The molecule has 1 saturated heterocycles. The van der Waals surface area contributed by atoms with Gasteiger partial charge in [-0.05, 0) is 45.2 Å². The number of hydrogen-bond donors (Lipinski definition) is 1. The summed E-state index contributed by atoms with van der Waals surface area (Å²) in [7, 11) is 0. The molecular weight excluding hydrogens is 218 g/mol. The third kappa shape index (κ3) is 3.06. The second-order valence-corrected chi connectivity index (χ2v) is 6.08. The fourth-order valence-corrected chi connectivity index (χ4v) is 3.17. The van der Waals surface area contributed by atoms with E-state index in [4.69, 9.17) is 4.74 Å². The van der Waals surface area contributed by atoms with E-state index in [1.165, 1.54) is 15.3 Å². The molecule has 0 aliphatic carbocycles. The van der Waals surface area contributed by atoms with Crippen LogP contribution in [0.2, 0.25) is 0 Å². The molecule has 90 valence electrons. The lowest BCUT2D eigenvalue weighted by molar-refractivity contribution is 0.0131. The Morgan fingerprint density at radius 2 is 2.31 bits per heavy atom. The smallest absolute Gasteiger partial charge is 0.0561 e. The van der Waals surface area contributed by atoms with Crippen LogP contribution in [0.25, 0.3) is 0 Å². The van der Waals surface area contributed by atoms with Crippen molar-refractivity contribution in [2.45, 2.75) is 52.3 Å². The molecule has 1 fully saturated rings. The maximum Gasteiger partial charge on any atom is 0.0561 e. The van der Waals surface area contributed by atoms with Crippen molar-refractivity contribution in [3.8, 4) is 0 Å². The molecule has 0 radical (unpaired) electrons. The highest BCUT2D eigenvalue weighted by molar-refractivity contribution is 7.12. The number of rotatable bonds is 3. The first-order valence-corrected chi connectivity index (χ1v) is 6.87. The normalized spacial score (nSPS) is 25.9. The summed E-state index contributed by atoms with van der Waals surface area (Å²) >= 11 is 1.91. The quantitative estimate of drug-likeness (QED) is 0.875. The van der Waals surface area contributed by atoms with Gasteiger partial charge in [-0.15, -0.1) is 11.3 Å². The Morgan fingerprint density at radius 1 is 1.50 bits per heavy atom. The van der Waals surface area contributed by atoms with Crippen LogP contribution in [0.3, 0.4) is 0 Å². The van der Waals surface area contributed by atoms with Crippen LogP contribution in [-0.2, 0) is 11.3 Å². The van der Waals surface area contributed by atoms with Crippen LogP contribution < -0.4 is 5.32 Å². The van der Waals surface area contributed by atoms with E-state index in [0.717, 1.165) is 26.0 Å². The van der Waals surface area contributed by atoms with E-state index in [1.54, 1.807) is 0 Å². The average Bonchev–Trinajstić information content (AvgIpc) is 2.56. The fraction of sp³-hybridized carbons (Fsp3) is 0.692. The molecule has 3 heteroatoms. The van der Waals surface area contributed by atoms with Gasteiger partial charge in [0, 0.05) is 28.9 Å². The third-order valence-corrected chi connectivity index (χ3v) is 4.42. The first-order valence-electron chi connectivity index (χ1n) is 6.06. The van der Waals surface area contributed by atoms with Crippen molar-refractivity contribution in [1.82, 2.24) is 5.32 Å². The lowest BCUT2D eigenvalue weighted by atomic mass is 10.0. The molecule has 0 amide bonds. The van der Waals surface area contributed by atoms with Crippen LogP contribution in [0.15, 0.2) is 6.07 Å². The van der Waals surface area contributed by atoms with E-state index in [-0.39, 0.29) is 0 Å². The van der Waals surface area contributed by atoms with Gasteiger partial charge < -0.3 is 10.1 Å². The van der Waals surface area contributed by atoms with Crippen LogP contribution >= 0.6 is 11.3 Å². The molecule has 1 aromatic heterocycles. The zero-order valence-corrected chi connectivity index (χ0v) is 11.2. The largest absolute Gasteiger partial charge is 0.378 e.